The van der Waals surface area contributed by atoms with E-state index >= 15 is 0 Å². The first kappa shape index (κ1) is 21.4. The second-order valence-corrected chi connectivity index (χ2v) is 8.00. The summed E-state index contributed by atoms with van der Waals surface area (Å²) >= 11 is 6.03. The fourth-order valence-electron chi connectivity index (χ4n) is 3.25. The lowest BCUT2D eigenvalue weighted by Crippen LogP contribution is -2.23. The van der Waals surface area contributed by atoms with Gasteiger partial charge in [0.05, 0.1) is 17.4 Å². The number of alkyl halides is 3. The third kappa shape index (κ3) is 5.27. The number of aromatic nitrogens is 2. The number of benzene rings is 1. The van der Waals surface area contributed by atoms with Crippen molar-refractivity contribution in [3.05, 3.63) is 53.5 Å². The monoisotopic (exact) mass is 466 g/mol. The van der Waals surface area contributed by atoms with Gasteiger partial charge in [0.25, 0.3) is 5.91 Å². The molecule has 1 aliphatic rings. The average molecular weight is 467 g/mol. The molecule has 1 amide bonds. The quantitative estimate of drug-likeness (QED) is 0.529. The standard InChI is InChI=1S/C20H17ClF2N4O3S/c21-20(22,23)30-15-3-1-13(2-4-15)25-19(29)12-9-16(17-6-8-31-26-17)18(24-10-12)27-7-5-14(28)11-27/h1-4,6,8-10,14,28H,5,7,11H2,(H,25,29)/t14-/m1/s1. The fourth-order valence-corrected chi connectivity index (χ4v) is 3.86. The molecule has 0 unspecified atom stereocenters. The third-order valence-electron chi connectivity index (χ3n) is 4.65. The number of ether oxygens (including phenoxy) is 1. The molecule has 1 aromatic carbocycles. The second kappa shape index (κ2) is 8.74. The molecule has 162 valence electrons. The molecule has 1 fully saturated rings. The van der Waals surface area contributed by atoms with E-state index in [1.807, 2.05) is 16.3 Å². The maximum atomic E-state index is 12.7. The summed E-state index contributed by atoms with van der Waals surface area (Å²) in [6.07, 6.45) is 1.69. The summed E-state index contributed by atoms with van der Waals surface area (Å²) in [5, 5.41) is 14.4. The van der Waals surface area contributed by atoms with Crippen LogP contribution in [-0.2, 0) is 0 Å². The van der Waals surface area contributed by atoms with E-state index in [-0.39, 0.29) is 5.75 Å². The van der Waals surface area contributed by atoms with Crippen molar-refractivity contribution in [3.8, 4) is 17.0 Å². The molecule has 0 bridgehead atoms. The number of amides is 1. The van der Waals surface area contributed by atoms with Gasteiger partial charge in [0.15, 0.2) is 0 Å². The van der Waals surface area contributed by atoms with E-state index in [0.29, 0.717) is 47.8 Å². The zero-order chi connectivity index (χ0) is 22.0. The van der Waals surface area contributed by atoms with Crippen LogP contribution in [0.15, 0.2) is 48.0 Å². The van der Waals surface area contributed by atoms with Crippen molar-refractivity contribution in [3.63, 3.8) is 0 Å². The lowest BCUT2D eigenvalue weighted by molar-refractivity contribution is -0.0964. The van der Waals surface area contributed by atoms with Crippen LogP contribution < -0.4 is 15.0 Å². The molecule has 0 saturated carbocycles. The summed E-state index contributed by atoms with van der Waals surface area (Å²) in [5.41, 5.74) is -1.74. The number of hydrogen-bond acceptors (Lipinski definition) is 7. The normalized spacial score (nSPS) is 16.4. The maximum Gasteiger partial charge on any atom is 0.487 e. The summed E-state index contributed by atoms with van der Waals surface area (Å²) < 4.78 is 34.0. The van der Waals surface area contributed by atoms with Crippen LogP contribution in [0, 0.1) is 0 Å². The van der Waals surface area contributed by atoms with E-state index in [1.54, 1.807) is 6.07 Å². The highest BCUT2D eigenvalue weighted by Crippen LogP contribution is 2.32. The highest BCUT2D eigenvalue weighted by Gasteiger charge is 2.28. The van der Waals surface area contributed by atoms with Gasteiger partial charge in [0.1, 0.15) is 11.6 Å². The van der Waals surface area contributed by atoms with Crippen molar-refractivity contribution in [1.82, 2.24) is 9.36 Å². The number of pyridine rings is 1. The van der Waals surface area contributed by atoms with Crippen LogP contribution in [0.4, 0.5) is 20.3 Å². The minimum absolute atomic E-state index is 0.136. The van der Waals surface area contributed by atoms with Gasteiger partial charge in [-0.15, -0.1) is 8.78 Å². The van der Waals surface area contributed by atoms with Crippen molar-refractivity contribution >= 4 is 40.5 Å². The van der Waals surface area contributed by atoms with Crippen molar-refractivity contribution in [2.75, 3.05) is 23.3 Å². The lowest BCUT2D eigenvalue weighted by Gasteiger charge is -2.20. The fraction of sp³-hybridized carbons (Fsp3) is 0.250. The molecule has 1 aliphatic heterocycles. The zero-order valence-electron chi connectivity index (χ0n) is 16.0. The van der Waals surface area contributed by atoms with E-state index in [0.717, 1.165) is 0 Å². The number of halogens is 3. The highest BCUT2D eigenvalue weighted by molar-refractivity contribution is 7.03. The van der Waals surface area contributed by atoms with Crippen molar-refractivity contribution in [1.29, 1.82) is 0 Å². The largest absolute Gasteiger partial charge is 0.487 e. The predicted octanol–water partition coefficient (Wildman–Crippen LogP) is 4.20. The van der Waals surface area contributed by atoms with Crippen molar-refractivity contribution in [2.45, 2.75) is 18.1 Å². The van der Waals surface area contributed by atoms with Crippen LogP contribution in [0.2, 0.25) is 0 Å². The highest BCUT2D eigenvalue weighted by atomic mass is 35.5. The molecule has 0 aliphatic carbocycles. The van der Waals surface area contributed by atoms with Gasteiger partial charge in [-0.2, -0.15) is 4.37 Å². The molecule has 2 aromatic heterocycles. The van der Waals surface area contributed by atoms with Crippen LogP contribution in [0.5, 0.6) is 5.75 Å². The van der Waals surface area contributed by atoms with Crippen molar-refractivity contribution in [2.24, 2.45) is 0 Å². The first-order chi connectivity index (χ1) is 14.8. The van der Waals surface area contributed by atoms with Gasteiger partial charge >= 0.3 is 5.57 Å². The predicted molar refractivity (Wildman–Crippen MR) is 114 cm³/mol. The molecule has 1 saturated heterocycles. The maximum absolute atomic E-state index is 12.7. The Labute approximate surface area is 185 Å². The van der Waals surface area contributed by atoms with Crippen LogP contribution in [0.3, 0.4) is 0 Å². The molecule has 4 rings (SSSR count). The van der Waals surface area contributed by atoms with Gasteiger partial charge in [-0.1, -0.05) is 0 Å². The number of anilines is 2. The Kier molecular flexibility index (Phi) is 6.03. The molecule has 7 nitrogen and oxygen atoms in total. The molecular weight excluding hydrogens is 450 g/mol. The number of β-amino-alcohol motifs (C(OH)–C–C–N with tert-alkyl or cyclic N) is 1. The van der Waals surface area contributed by atoms with Crippen molar-refractivity contribution < 1.29 is 23.4 Å². The Morgan fingerprint density at radius 1 is 1.32 bits per heavy atom. The minimum Gasteiger partial charge on any atom is -0.420 e. The second-order valence-electron chi connectivity index (χ2n) is 6.89. The van der Waals surface area contributed by atoms with Crippen LogP contribution in [-0.4, -0.2) is 45.1 Å². The summed E-state index contributed by atoms with van der Waals surface area (Å²) in [6.45, 7) is 1.12. The Morgan fingerprint density at radius 3 is 2.71 bits per heavy atom. The van der Waals surface area contributed by atoms with Crippen LogP contribution >= 0.6 is 23.1 Å². The summed E-state index contributed by atoms with van der Waals surface area (Å²) in [4.78, 5) is 19.2. The van der Waals surface area contributed by atoms with Crippen LogP contribution in [0.1, 0.15) is 16.8 Å². The SMILES string of the molecule is O=C(Nc1ccc(OC(F)(F)Cl)cc1)c1cnc(N2CC[C@@H](O)C2)c(-c2ccsn2)c1. The molecule has 0 radical (unpaired) electrons. The molecule has 2 N–H and O–H groups in total. The zero-order valence-corrected chi connectivity index (χ0v) is 17.5. The number of carbonyl (C=O) groups excluding carboxylic acids is 1. The summed E-state index contributed by atoms with van der Waals surface area (Å²) in [7, 11) is 0. The number of nitrogens with zero attached hydrogens (tertiary/aromatic N) is 3. The van der Waals surface area contributed by atoms with E-state index in [2.05, 4.69) is 19.4 Å². The number of aliphatic hydroxyl groups is 1. The van der Waals surface area contributed by atoms with Gasteiger partial charge in [-0.3, -0.25) is 4.79 Å². The number of hydrogen-bond donors (Lipinski definition) is 2. The molecule has 3 aromatic rings. The number of rotatable bonds is 6. The van der Waals surface area contributed by atoms with Gasteiger partial charge in [0, 0.05) is 47.5 Å². The van der Waals surface area contributed by atoms with E-state index in [1.165, 1.54) is 42.0 Å². The first-order valence-corrected chi connectivity index (χ1v) is 10.5. The molecular formula is C20H17ClF2N4O3S. The Hall–Kier alpha value is -2.82. The first-order valence-electron chi connectivity index (χ1n) is 9.29. The molecule has 31 heavy (non-hydrogen) atoms. The number of aliphatic hydroxyl groups excluding tert-OH is 1. The lowest BCUT2D eigenvalue weighted by atomic mass is 10.1. The van der Waals surface area contributed by atoms with Crippen LogP contribution in [0.25, 0.3) is 11.3 Å². The van der Waals surface area contributed by atoms with Gasteiger partial charge in [-0.25, -0.2) is 4.98 Å². The van der Waals surface area contributed by atoms with E-state index < -0.39 is 17.6 Å². The molecule has 3 heterocycles. The Balaban J connectivity index is 1.55. The number of nitrogens with one attached hydrogen (secondary N) is 1. The van der Waals surface area contributed by atoms with Gasteiger partial charge in [0.2, 0.25) is 0 Å². The van der Waals surface area contributed by atoms with E-state index in [9.17, 15) is 18.7 Å². The Bertz CT molecular complexity index is 1060. The summed E-state index contributed by atoms with van der Waals surface area (Å²) in [5.74, 6) is 0.0958. The number of carbonyl (C=O) groups is 1. The topological polar surface area (TPSA) is 87.6 Å². The average Bonchev–Trinajstić information content (AvgIpc) is 3.40. The van der Waals surface area contributed by atoms with Gasteiger partial charge in [-0.05, 0) is 54.4 Å². The Morgan fingerprint density at radius 2 is 2.10 bits per heavy atom. The van der Waals surface area contributed by atoms with Gasteiger partial charge < -0.3 is 20.1 Å². The molecule has 11 heteroatoms. The molecule has 0 spiro atoms. The third-order valence-corrected chi connectivity index (χ3v) is 5.29. The smallest absolute Gasteiger partial charge is 0.420 e. The summed E-state index contributed by atoms with van der Waals surface area (Å²) in [6, 6.07) is 8.92. The molecule has 1 atom stereocenters. The van der Waals surface area contributed by atoms with E-state index in [4.69, 9.17) is 11.6 Å². The minimum atomic E-state index is -3.81.